The lowest BCUT2D eigenvalue weighted by molar-refractivity contribution is -0.170. The van der Waals surface area contributed by atoms with Crippen molar-refractivity contribution in [3.8, 4) is 11.6 Å². The molecule has 0 bridgehead atoms. The molecule has 1 aromatic carbocycles. The van der Waals surface area contributed by atoms with Gasteiger partial charge in [-0.2, -0.15) is 13.2 Å². The van der Waals surface area contributed by atoms with Gasteiger partial charge in [0.25, 0.3) is 0 Å². The molecule has 0 unspecified atom stereocenters. The van der Waals surface area contributed by atoms with Gasteiger partial charge in [0.15, 0.2) is 5.78 Å². The van der Waals surface area contributed by atoms with Crippen molar-refractivity contribution in [2.75, 3.05) is 13.2 Å². The van der Waals surface area contributed by atoms with Gasteiger partial charge in [-0.15, -0.1) is 0 Å². The normalized spacial score (nSPS) is 11.2. The number of pyridine rings is 1. The van der Waals surface area contributed by atoms with Gasteiger partial charge >= 0.3 is 6.18 Å². The first-order chi connectivity index (χ1) is 10.4. The molecule has 0 N–H and O–H groups in total. The van der Waals surface area contributed by atoms with Crippen molar-refractivity contribution in [3.05, 3.63) is 54.2 Å². The molecule has 2 rings (SSSR count). The second-order valence-electron chi connectivity index (χ2n) is 4.33. The first-order valence-corrected chi connectivity index (χ1v) is 6.31. The minimum atomic E-state index is -4.44. The average molecular weight is 311 g/mol. The number of ether oxygens (including phenoxy) is 2. The molecule has 1 aromatic heterocycles. The molecule has 4 nitrogen and oxygen atoms in total. The minimum absolute atomic E-state index is 0.246. The van der Waals surface area contributed by atoms with E-state index >= 15 is 0 Å². The molecule has 22 heavy (non-hydrogen) atoms. The van der Waals surface area contributed by atoms with Gasteiger partial charge in [0, 0.05) is 17.8 Å². The van der Waals surface area contributed by atoms with E-state index in [2.05, 4.69) is 9.72 Å². The number of nitrogens with zero attached hydrogens (tertiary/aromatic N) is 1. The predicted molar refractivity (Wildman–Crippen MR) is 72.0 cm³/mol. The number of Topliss-reactive ketones (excluding diaryl/α,β-unsaturated/α-hetero) is 1. The number of rotatable bonds is 6. The number of alkyl halides is 3. The van der Waals surface area contributed by atoms with Crippen LogP contribution in [0.1, 0.15) is 10.4 Å². The van der Waals surface area contributed by atoms with E-state index in [1.54, 1.807) is 24.4 Å². The maximum Gasteiger partial charge on any atom is 0.411 e. The first-order valence-electron chi connectivity index (χ1n) is 6.31. The molecule has 0 saturated heterocycles. The van der Waals surface area contributed by atoms with Crippen molar-refractivity contribution in [2.24, 2.45) is 0 Å². The van der Waals surface area contributed by atoms with Crippen molar-refractivity contribution in [1.29, 1.82) is 0 Å². The molecular formula is C15H12F3NO3. The lowest BCUT2D eigenvalue weighted by Gasteiger charge is -2.08. The fourth-order valence-electron chi connectivity index (χ4n) is 1.58. The van der Waals surface area contributed by atoms with E-state index in [0.29, 0.717) is 11.6 Å². The highest BCUT2D eigenvalue weighted by Gasteiger charge is 2.27. The molecule has 7 heteroatoms. The summed E-state index contributed by atoms with van der Waals surface area (Å²) in [6.45, 7) is -2.07. The van der Waals surface area contributed by atoms with Crippen LogP contribution in [0.15, 0.2) is 48.7 Å². The fourth-order valence-corrected chi connectivity index (χ4v) is 1.58. The fraction of sp³-hybridized carbons (Fsp3) is 0.200. The van der Waals surface area contributed by atoms with Gasteiger partial charge < -0.3 is 9.47 Å². The summed E-state index contributed by atoms with van der Waals surface area (Å²) in [5, 5.41) is 0. The molecule has 0 spiro atoms. The van der Waals surface area contributed by atoms with E-state index < -0.39 is 25.2 Å². The molecule has 2 aromatic rings. The van der Waals surface area contributed by atoms with E-state index in [-0.39, 0.29) is 5.56 Å². The molecule has 0 fully saturated rings. The Hall–Kier alpha value is -2.41. The summed E-state index contributed by atoms with van der Waals surface area (Å²) in [5.41, 5.74) is 0.246. The van der Waals surface area contributed by atoms with Gasteiger partial charge in [0.2, 0.25) is 5.88 Å². The first kappa shape index (κ1) is 16.0. The summed E-state index contributed by atoms with van der Waals surface area (Å²) in [7, 11) is 0. The Kier molecular flexibility index (Phi) is 5.11. The molecule has 0 aliphatic rings. The van der Waals surface area contributed by atoms with Crippen LogP contribution in [0.25, 0.3) is 0 Å². The van der Waals surface area contributed by atoms with Crippen LogP contribution in [0.5, 0.6) is 11.6 Å². The van der Waals surface area contributed by atoms with Gasteiger partial charge in [-0.1, -0.05) is 6.07 Å². The van der Waals surface area contributed by atoms with Gasteiger partial charge in [-0.05, 0) is 30.3 Å². The molecule has 116 valence electrons. The smallest absolute Gasteiger partial charge is 0.411 e. The third-order valence-corrected chi connectivity index (χ3v) is 2.54. The molecule has 0 saturated carbocycles. The molecule has 0 aliphatic carbocycles. The average Bonchev–Trinajstić information content (AvgIpc) is 2.47. The Morgan fingerprint density at radius 2 is 1.82 bits per heavy atom. The van der Waals surface area contributed by atoms with Crippen LogP contribution in [0.2, 0.25) is 0 Å². The van der Waals surface area contributed by atoms with Gasteiger partial charge in [-0.3, -0.25) is 4.79 Å². The van der Waals surface area contributed by atoms with Crippen molar-refractivity contribution < 1.29 is 27.4 Å². The molecular weight excluding hydrogens is 299 g/mol. The highest BCUT2D eigenvalue weighted by Crippen LogP contribution is 2.19. The van der Waals surface area contributed by atoms with Crippen LogP contribution >= 0.6 is 0 Å². The summed E-state index contributed by atoms with van der Waals surface area (Å²) in [6.07, 6.45) is -2.87. The van der Waals surface area contributed by atoms with Crippen molar-refractivity contribution >= 4 is 5.78 Å². The number of carbonyl (C=O) groups is 1. The number of halogens is 3. The third kappa shape index (κ3) is 5.17. The summed E-state index contributed by atoms with van der Waals surface area (Å²) in [6, 6.07) is 11.2. The predicted octanol–water partition coefficient (Wildman–Crippen LogP) is 3.64. The Balaban J connectivity index is 1.90. The van der Waals surface area contributed by atoms with Crippen LogP contribution < -0.4 is 4.74 Å². The van der Waals surface area contributed by atoms with Gasteiger partial charge in [0.05, 0.1) is 0 Å². The van der Waals surface area contributed by atoms with E-state index in [1.807, 2.05) is 0 Å². The number of aromatic nitrogens is 1. The second-order valence-corrected chi connectivity index (χ2v) is 4.33. The summed E-state index contributed by atoms with van der Waals surface area (Å²) in [5.74, 6) is 0.329. The molecule has 0 radical (unpaired) electrons. The number of benzene rings is 1. The lowest BCUT2D eigenvalue weighted by atomic mass is 10.1. The standard InChI is InChI=1S/C15H12F3NO3/c16-15(17,18)10-21-9-13(20)11-4-6-12(7-5-11)22-14-3-1-2-8-19-14/h1-8H,9-10H2. The van der Waals surface area contributed by atoms with E-state index in [4.69, 9.17) is 4.74 Å². The minimum Gasteiger partial charge on any atom is -0.439 e. The molecule has 0 atom stereocenters. The van der Waals surface area contributed by atoms with Gasteiger partial charge in [-0.25, -0.2) is 4.98 Å². The molecule has 0 amide bonds. The van der Waals surface area contributed by atoms with Crippen molar-refractivity contribution in [2.45, 2.75) is 6.18 Å². The number of ketones is 1. The highest BCUT2D eigenvalue weighted by molar-refractivity contribution is 5.97. The van der Waals surface area contributed by atoms with E-state index in [1.165, 1.54) is 24.3 Å². The van der Waals surface area contributed by atoms with E-state index in [0.717, 1.165) is 0 Å². The summed E-state index contributed by atoms with van der Waals surface area (Å²) < 4.78 is 45.5. The maximum atomic E-state index is 11.9. The molecule has 1 heterocycles. The van der Waals surface area contributed by atoms with Crippen molar-refractivity contribution in [3.63, 3.8) is 0 Å². The van der Waals surface area contributed by atoms with Crippen molar-refractivity contribution in [1.82, 2.24) is 4.98 Å². The zero-order valence-electron chi connectivity index (χ0n) is 11.3. The lowest BCUT2D eigenvalue weighted by Crippen LogP contribution is -2.20. The van der Waals surface area contributed by atoms with Gasteiger partial charge in [0.1, 0.15) is 19.0 Å². The number of carbonyl (C=O) groups excluding carboxylic acids is 1. The topological polar surface area (TPSA) is 48.4 Å². The van der Waals surface area contributed by atoms with Crippen LogP contribution in [-0.4, -0.2) is 30.2 Å². The van der Waals surface area contributed by atoms with Crippen LogP contribution in [0.4, 0.5) is 13.2 Å². The Labute approximate surface area is 124 Å². The Bertz CT molecular complexity index is 612. The number of hydrogen-bond donors (Lipinski definition) is 0. The monoisotopic (exact) mass is 311 g/mol. The zero-order chi connectivity index (χ0) is 16.0. The summed E-state index contributed by atoms with van der Waals surface area (Å²) >= 11 is 0. The van der Waals surface area contributed by atoms with Crippen LogP contribution in [0, 0.1) is 0 Å². The highest BCUT2D eigenvalue weighted by atomic mass is 19.4. The Morgan fingerprint density at radius 1 is 1.09 bits per heavy atom. The zero-order valence-corrected chi connectivity index (χ0v) is 11.3. The van der Waals surface area contributed by atoms with E-state index in [9.17, 15) is 18.0 Å². The Morgan fingerprint density at radius 3 is 2.41 bits per heavy atom. The van der Waals surface area contributed by atoms with Crippen LogP contribution in [0.3, 0.4) is 0 Å². The largest absolute Gasteiger partial charge is 0.439 e. The maximum absolute atomic E-state index is 11.9. The number of hydrogen-bond acceptors (Lipinski definition) is 4. The SMILES string of the molecule is O=C(COCC(F)(F)F)c1ccc(Oc2ccccn2)cc1. The van der Waals surface area contributed by atoms with Crippen LogP contribution in [-0.2, 0) is 4.74 Å². The second kappa shape index (κ2) is 7.04. The quantitative estimate of drug-likeness (QED) is 0.764. The molecule has 0 aliphatic heterocycles. The third-order valence-electron chi connectivity index (χ3n) is 2.54. The summed E-state index contributed by atoms with van der Waals surface area (Å²) in [4.78, 5) is 15.6.